The van der Waals surface area contributed by atoms with E-state index in [1.807, 2.05) is 0 Å². The van der Waals surface area contributed by atoms with Crippen molar-refractivity contribution in [3.8, 4) is 0 Å². The fraction of sp³-hybridized carbons (Fsp3) is 0.263. The first-order valence-electron chi connectivity index (χ1n) is 8.49. The molecule has 0 amide bonds. The van der Waals surface area contributed by atoms with Crippen LogP contribution in [0.2, 0.25) is 0 Å². The third kappa shape index (κ3) is 4.01. The number of rotatable bonds is 4. The minimum Gasteiger partial charge on any atom is -0.291 e. The van der Waals surface area contributed by atoms with Gasteiger partial charge in [-0.25, -0.2) is 17.6 Å². The Bertz CT molecular complexity index is 1050. The number of amidine groups is 2. The number of nitrogens with zero attached hydrogens (tertiary/aromatic N) is 6. The Morgan fingerprint density at radius 2 is 1.17 bits per heavy atom. The van der Waals surface area contributed by atoms with Crippen molar-refractivity contribution in [3.05, 3.63) is 59.2 Å². The number of aromatic nitrogens is 2. The molecule has 0 aromatic carbocycles. The van der Waals surface area contributed by atoms with E-state index < -0.39 is 29.2 Å². The van der Waals surface area contributed by atoms with E-state index >= 15 is 0 Å². The van der Waals surface area contributed by atoms with E-state index in [-0.39, 0.29) is 56.7 Å². The molecule has 4 heterocycles. The molecular formula is C19H12F4N6Pt. The summed E-state index contributed by atoms with van der Waals surface area (Å²) < 4.78 is 53.8. The summed E-state index contributed by atoms with van der Waals surface area (Å²) in [6.45, 7) is 3.65. The first-order chi connectivity index (χ1) is 13.8. The van der Waals surface area contributed by atoms with Crippen molar-refractivity contribution in [1.82, 2.24) is 9.97 Å². The minimum absolute atomic E-state index is 0. The molecule has 2 aromatic heterocycles. The largest absolute Gasteiger partial charge is 2.00 e. The summed E-state index contributed by atoms with van der Waals surface area (Å²) in [5.74, 6) is -3.34. The summed E-state index contributed by atoms with van der Waals surface area (Å²) in [5, 5.41) is 0. The first-order valence-corrected chi connectivity index (χ1v) is 8.49. The molecule has 0 unspecified atom stereocenters. The SMILES string of the molecule is CC(C)(C1=NCC(c2[c-]cc(F)nc2F)=N1)C1=NCC(c2[c-]cc(F)nc2F)=N1.[Pt+2]. The normalized spacial score (nSPS) is 15.9. The van der Waals surface area contributed by atoms with E-state index in [0.29, 0.717) is 11.7 Å². The Kier molecular flexibility index (Phi) is 6.08. The Labute approximate surface area is 183 Å². The van der Waals surface area contributed by atoms with E-state index in [1.54, 1.807) is 13.8 Å². The van der Waals surface area contributed by atoms with Gasteiger partial charge in [-0.3, -0.25) is 29.9 Å². The summed E-state index contributed by atoms with van der Waals surface area (Å²) in [7, 11) is 0. The van der Waals surface area contributed by atoms with Crippen molar-refractivity contribution in [3.63, 3.8) is 0 Å². The van der Waals surface area contributed by atoms with Crippen LogP contribution < -0.4 is 0 Å². The molecule has 0 saturated carbocycles. The van der Waals surface area contributed by atoms with Crippen molar-refractivity contribution in [2.75, 3.05) is 13.1 Å². The van der Waals surface area contributed by atoms with Crippen LogP contribution in [0.25, 0.3) is 0 Å². The second-order valence-electron chi connectivity index (χ2n) is 6.80. The summed E-state index contributed by atoms with van der Waals surface area (Å²) in [6, 6.07) is 6.78. The van der Waals surface area contributed by atoms with Gasteiger partial charge < -0.3 is 0 Å². The molecule has 2 aliphatic rings. The van der Waals surface area contributed by atoms with Crippen molar-refractivity contribution in [1.29, 1.82) is 0 Å². The number of pyridine rings is 2. The molecule has 2 aromatic rings. The average molecular weight is 595 g/mol. The topological polar surface area (TPSA) is 75.2 Å². The quantitative estimate of drug-likeness (QED) is 0.310. The third-order valence-corrected chi connectivity index (χ3v) is 4.43. The van der Waals surface area contributed by atoms with Crippen LogP contribution in [0.3, 0.4) is 0 Å². The number of aliphatic imine (C=N–C) groups is 4. The van der Waals surface area contributed by atoms with Crippen molar-refractivity contribution in [2.24, 2.45) is 25.4 Å². The molecule has 30 heavy (non-hydrogen) atoms. The summed E-state index contributed by atoms with van der Waals surface area (Å²) >= 11 is 0. The zero-order chi connectivity index (χ0) is 20.8. The smallest absolute Gasteiger partial charge is 0.291 e. The molecular weight excluding hydrogens is 583 g/mol. The maximum atomic E-state index is 13.9. The number of halogens is 4. The molecule has 4 rings (SSSR count). The van der Waals surface area contributed by atoms with Gasteiger partial charge in [0, 0.05) is 0 Å². The second-order valence-corrected chi connectivity index (χ2v) is 6.80. The van der Waals surface area contributed by atoms with Gasteiger partial charge >= 0.3 is 21.1 Å². The minimum atomic E-state index is -1.02. The molecule has 2 aliphatic heterocycles. The number of hydrogen-bond donors (Lipinski definition) is 0. The molecule has 156 valence electrons. The number of hydrogen-bond acceptors (Lipinski definition) is 6. The summed E-state index contributed by atoms with van der Waals surface area (Å²) in [4.78, 5) is 23.5. The Hall–Kier alpha value is -2.61. The van der Waals surface area contributed by atoms with Gasteiger partial charge in [0.15, 0.2) is 0 Å². The van der Waals surface area contributed by atoms with Crippen LogP contribution in [-0.2, 0) is 21.1 Å². The average Bonchev–Trinajstić information content (AvgIpc) is 3.32. The van der Waals surface area contributed by atoms with E-state index in [1.165, 1.54) is 0 Å². The second kappa shape index (κ2) is 8.26. The zero-order valence-electron chi connectivity index (χ0n) is 15.6. The van der Waals surface area contributed by atoms with Gasteiger partial charge in [0.25, 0.3) is 0 Å². The van der Waals surface area contributed by atoms with Gasteiger partial charge in [-0.2, -0.15) is 0 Å². The fourth-order valence-corrected chi connectivity index (χ4v) is 2.89. The van der Waals surface area contributed by atoms with Gasteiger partial charge in [0.05, 0.1) is 18.5 Å². The van der Waals surface area contributed by atoms with Gasteiger partial charge in [-0.05, 0) is 25.3 Å². The maximum Gasteiger partial charge on any atom is 2.00 e. The van der Waals surface area contributed by atoms with Crippen molar-refractivity contribution >= 4 is 23.1 Å². The summed E-state index contributed by atoms with van der Waals surface area (Å²) in [5.41, 5.74) is -0.497. The standard InChI is InChI=1S/C19H12F4N6.Pt/c1-19(2,17-24-7-11(26-17)9-3-5-13(20)28-15(9)22)18-25-8-12(27-18)10-4-6-14(21)29-16(10)23;/h5-6H,7-8H2,1-2H3;/q-2;+2. The monoisotopic (exact) mass is 595 g/mol. The Morgan fingerprint density at radius 3 is 1.53 bits per heavy atom. The summed E-state index contributed by atoms with van der Waals surface area (Å²) in [6.07, 6.45) is 0. The van der Waals surface area contributed by atoms with Crippen molar-refractivity contribution < 1.29 is 38.6 Å². The van der Waals surface area contributed by atoms with Crippen LogP contribution in [0.15, 0.2) is 32.1 Å². The molecule has 0 radical (unpaired) electrons. The predicted molar refractivity (Wildman–Crippen MR) is 97.4 cm³/mol. The van der Waals surface area contributed by atoms with Crippen LogP contribution in [-0.4, -0.2) is 46.2 Å². The molecule has 0 atom stereocenters. The van der Waals surface area contributed by atoms with Gasteiger partial charge in [0.2, 0.25) is 0 Å². The molecule has 6 nitrogen and oxygen atoms in total. The fourth-order valence-electron chi connectivity index (χ4n) is 2.89. The Balaban J connectivity index is 0.00000256. The maximum absolute atomic E-state index is 13.9. The zero-order valence-corrected chi connectivity index (χ0v) is 17.9. The molecule has 0 aliphatic carbocycles. The molecule has 0 N–H and O–H groups in total. The van der Waals surface area contributed by atoms with Crippen LogP contribution in [0.4, 0.5) is 17.6 Å². The van der Waals surface area contributed by atoms with Gasteiger partial charge in [-0.1, -0.05) is 23.3 Å². The molecule has 11 heteroatoms. The van der Waals surface area contributed by atoms with Crippen LogP contribution in [0.1, 0.15) is 25.0 Å². The van der Waals surface area contributed by atoms with Crippen LogP contribution in [0, 0.1) is 41.3 Å². The van der Waals surface area contributed by atoms with E-state index in [9.17, 15) is 17.6 Å². The van der Waals surface area contributed by atoms with E-state index in [4.69, 9.17) is 0 Å². The third-order valence-electron chi connectivity index (χ3n) is 4.43. The molecule has 0 saturated heterocycles. The molecule has 0 bridgehead atoms. The first kappa shape index (κ1) is 22.1. The van der Waals surface area contributed by atoms with E-state index in [0.717, 1.165) is 12.1 Å². The van der Waals surface area contributed by atoms with Gasteiger partial charge in [-0.15, -0.1) is 12.1 Å². The van der Waals surface area contributed by atoms with Crippen LogP contribution in [0.5, 0.6) is 0 Å². The van der Waals surface area contributed by atoms with Gasteiger partial charge in [0.1, 0.15) is 35.5 Å². The molecule has 0 spiro atoms. The Morgan fingerprint density at radius 1 is 0.767 bits per heavy atom. The van der Waals surface area contributed by atoms with E-state index in [2.05, 4.69) is 42.1 Å². The van der Waals surface area contributed by atoms with Crippen molar-refractivity contribution in [2.45, 2.75) is 13.8 Å². The van der Waals surface area contributed by atoms with Crippen LogP contribution >= 0.6 is 0 Å². The predicted octanol–water partition coefficient (Wildman–Crippen LogP) is 2.76. The molecule has 0 fully saturated rings.